The topological polar surface area (TPSA) is 94.6 Å². The molecule has 1 heterocycles. The van der Waals surface area contributed by atoms with Crippen LogP contribution in [0.15, 0.2) is 121 Å². The van der Waals surface area contributed by atoms with Crippen LogP contribution in [0.3, 0.4) is 0 Å². The van der Waals surface area contributed by atoms with Crippen LogP contribution >= 0.6 is 11.6 Å². The van der Waals surface area contributed by atoms with E-state index in [4.69, 9.17) is 31.5 Å². The van der Waals surface area contributed by atoms with E-state index in [2.05, 4.69) is 6.07 Å². The summed E-state index contributed by atoms with van der Waals surface area (Å²) >= 11 is 6.24. The highest BCUT2D eigenvalue weighted by atomic mass is 35.5. The molecule has 0 amide bonds. The van der Waals surface area contributed by atoms with Crippen LogP contribution in [-0.4, -0.2) is 5.97 Å². The highest BCUT2D eigenvalue weighted by molar-refractivity contribution is 6.31. The molecular formula is C35H25ClN2O4. The second kappa shape index (κ2) is 11.7. The van der Waals surface area contributed by atoms with Gasteiger partial charge in [0.05, 0.1) is 12.3 Å². The van der Waals surface area contributed by atoms with Gasteiger partial charge in [0, 0.05) is 22.2 Å². The van der Waals surface area contributed by atoms with Gasteiger partial charge in [0.1, 0.15) is 35.5 Å². The molecule has 42 heavy (non-hydrogen) atoms. The Morgan fingerprint density at radius 1 is 0.881 bits per heavy atom. The fraction of sp³-hybridized carbons (Fsp3) is 0.0857. The summed E-state index contributed by atoms with van der Waals surface area (Å²) in [5.74, 6) is 0.562. The molecule has 0 aromatic heterocycles. The van der Waals surface area contributed by atoms with E-state index in [1.807, 2.05) is 91.0 Å². The van der Waals surface area contributed by atoms with Crippen LogP contribution in [0.4, 0.5) is 0 Å². The summed E-state index contributed by atoms with van der Waals surface area (Å²) in [7, 11) is 0. The van der Waals surface area contributed by atoms with Crippen LogP contribution in [0.2, 0.25) is 5.02 Å². The van der Waals surface area contributed by atoms with Crippen molar-refractivity contribution in [2.45, 2.75) is 18.9 Å². The van der Waals surface area contributed by atoms with Gasteiger partial charge in [-0.05, 0) is 46.2 Å². The first kappa shape index (κ1) is 26.9. The summed E-state index contributed by atoms with van der Waals surface area (Å²) < 4.78 is 17.4. The zero-order valence-electron chi connectivity index (χ0n) is 22.4. The number of esters is 1. The lowest BCUT2D eigenvalue weighted by molar-refractivity contribution is -0.133. The number of carbonyl (C=O) groups is 1. The van der Waals surface area contributed by atoms with Crippen molar-refractivity contribution >= 4 is 28.3 Å². The zero-order valence-corrected chi connectivity index (χ0v) is 23.2. The maximum absolute atomic E-state index is 12.9. The lowest BCUT2D eigenvalue weighted by Gasteiger charge is -2.27. The molecule has 5 aromatic rings. The minimum atomic E-state index is -0.461. The third-order valence-electron chi connectivity index (χ3n) is 7.20. The molecule has 206 valence electrons. The highest BCUT2D eigenvalue weighted by Gasteiger charge is 2.31. The Labute approximate surface area is 248 Å². The van der Waals surface area contributed by atoms with Gasteiger partial charge in [-0.25, -0.2) is 0 Å². The van der Waals surface area contributed by atoms with Gasteiger partial charge in [0.25, 0.3) is 0 Å². The number of nitrogens with two attached hydrogens (primary N) is 1. The predicted molar refractivity (Wildman–Crippen MR) is 161 cm³/mol. The van der Waals surface area contributed by atoms with Gasteiger partial charge in [0.15, 0.2) is 0 Å². The number of rotatable bonds is 7. The van der Waals surface area contributed by atoms with Gasteiger partial charge < -0.3 is 19.9 Å². The monoisotopic (exact) mass is 572 g/mol. The van der Waals surface area contributed by atoms with Gasteiger partial charge in [-0.2, -0.15) is 5.26 Å². The van der Waals surface area contributed by atoms with Crippen molar-refractivity contribution in [3.05, 3.63) is 148 Å². The lowest BCUT2D eigenvalue weighted by Crippen LogP contribution is -2.21. The molecule has 0 saturated heterocycles. The Bertz CT molecular complexity index is 1870. The second-order valence-electron chi connectivity index (χ2n) is 9.86. The van der Waals surface area contributed by atoms with E-state index in [1.165, 1.54) is 0 Å². The molecule has 0 aliphatic carbocycles. The predicted octanol–water partition coefficient (Wildman–Crippen LogP) is 7.44. The van der Waals surface area contributed by atoms with E-state index in [-0.39, 0.29) is 12.3 Å². The van der Waals surface area contributed by atoms with E-state index in [1.54, 1.807) is 18.2 Å². The number of hydrogen-bond acceptors (Lipinski definition) is 6. The number of fused-ring (bicyclic) bond motifs is 2. The van der Waals surface area contributed by atoms with Crippen LogP contribution in [0.25, 0.3) is 10.8 Å². The van der Waals surface area contributed by atoms with Crippen LogP contribution < -0.4 is 19.9 Å². The Kier molecular flexibility index (Phi) is 7.50. The zero-order chi connectivity index (χ0) is 29.1. The third kappa shape index (κ3) is 5.51. The quantitative estimate of drug-likeness (QED) is 0.161. The number of benzene rings is 5. The van der Waals surface area contributed by atoms with E-state index in [0.29, 0.717) is 34.5 Å². The van der Waals surface area contributed by atoms with Crippen molar-refractivity contribution in [1.82, 2.24) is 0 Å². The maximum atomic E-state index is 12.9. The molecule has 7 heteroatoms. The first-order valence-electron chi connectivity index (χ1n) is 13.3. The number of carbonyl (C=O) groups excluding carboxylic acids is 1. The van der Waals surface area contributed by atoms with Crippen molar-refractivity contribution in [1.29, 1.82) is 5.26 Å². The lowest BCUT2D eigenvalue weighted by atomic mass is 9.83. The molecule has 5 aromatic carbocycles. The van der Waals surface area contributed by atoms with E-state index < -0.39 is 11.9 Å². The molecule has 0 spiro atoms. The summed E-state index contributed by atoms with van der Waals surface area (Å²) in [4.78, 5) is 12.9. The van der Waals surface area contributed by atoms with Crippen molar-refractivity contribution in [3.63, 3.8) is 0 Å². The molecule has 1 atom stereocenters. The van der Waals surface area contributed by atoms with Gasteiger partial charge in [-0.1, -0.05) is 90.5 Å². The van der Waals surface area contributed by atoms with Gasteiger partial charge in [0.2, 0.25) is 5.88 Å². The Morgan fingerprint density at radius 3 is 2.40 bits per heavy atom. The molecule has 6 nitrogen and oxygen atoms in total. The minimum Gasteiger partial charge on any atom is -0.489 e. The highest BCUT2D eigenvalue weighted by Crippen LogP contribution is 2.43. The minimum absolute atomic E-state index is 0.00766. The molecule has 2 N–H and O–H groups in total. The van der Waals surface area contributed by atoms with Gasteiger partial charge in [-0.3, -0.25) is 4.79 Å². The summed E-state index contributed by atoms with van der Waals surface area (Å²) in [6, 6.07) is 36.1. The van der Waals surface area contributed by atoms with E-state index in [9.17, 15) is 10.1 Å². The number of halogens is 1. The number of allylic oxidation sites excluding steroid dienone is 1. The SMILES string of the molecule is N#CC1=C(N)Oc2cc(OC(=O)Cc3cccc4ccccc34)ccc2C1c1ccc(OCc2ccccc2Cl)cc1. The molecule has 0 saturated carbocycles. The first-order valence-corrected chi connectivity index (χ1v) is 13.7. The van der Waals surface area contributed by atoms with Crippen molar-refractivity contribution in [2.24, 2.45) is 5.73 Å². The molecule has 6 rings (SSSR count). The number of nitrogens with zero attached hydrogens (tertiary/aromatic N) is 1. The van der Waals surface area contributed by atoms with Crippen molar-refractivity contribution in [3.8, 4) is 23.3 Å². The normalized spacial score (nSPS) is 14.0. The summed E-state index contributed by atoms with van der Waals surface area (Å²) in [5, 5.41) is 12.6. The average Bonchev–Trinajstić information content (AvgIpc) is 3.00. The van der Waals surface area contributed by atoms with Crippen LogP contribution in [0.5, 0.6) is 17.2 Å². The summed E-state index contributed by atoms with van der Waals surface area (Å²) in [5.41, 5.74) is 9.83. The molecule has 0 bridgehead atoms. The van der Waals surface area contributed by atoms with Gasteiger partial charge >= 0.3 is 5.97 Å². The second-order valence-corrected chi connectivity index (χ2v) is 10.3. The summed E-state index contributed by atoms with van der Waals surface area (Å²) in [6.45, 7) is 0.331. The summed E-state index contributed by atoms with van der Waals surface area (Å²) in [6.07, 6.45) is 0.118. The largest absolute Gasteiger partial charge is 0.489 e. The smallest absolute Gasteiger partial charge is 0.315 e. The number of hydrogen-bond donors (Lipinski definition) is 1. The number of ether oxygens (including phenoxy) is 3. The molecule has 0 fully saturated rings. The molecule has 1 aliphatic heterocycles. The Morgan fingerprint density at radius 2 is 1.60 bits per heavy atom. The molecule has 0 radical (unpaired) electrons. The Balaban J connectivity index is 1.21. The molecule has 1 unspecified atom stereocenters. The Hall–Kier alpha value is -5.25. The van der Waals surface area contributed by atoms with E-state index in [0.717, 1.165) is 33.0 Å². The van der Waals surface area contributed by atoms with Crippen LogP contribution in [0, 0.1) is 11.3 Å². The van der Waals surface area contributed by atoms with Crippen molar-refractivity contribution in [2.75, 3.05) is 0 Å². The molecular weight excluding hydrogens is 548 g/mol. The number of nitriles is 1. The molecule has 1 aliphatic rings. The fourth-order valence-corrected chi connectivity index (χ4v) is 5.34. The van der Waals surface area contributed by atoms with Crippen LogP contribution in [-0.2, 0) is 17.8 Å². The van der Waals surface area contributed by atoms with Gasteiger partial charge in [-0.15, -0.1) is 0 Å². The standard InChI is InChI=1S/C35H25ClN2O4/c36-31-11-4-2-7-25(31)21-40-26-14-12-23(13-15-26)34-29-17-16-27(19-32(29)42-35(38)30(34)20-37)41-33(39)18-24-9-5-8-22-6-1-3-10-28(22)24/h1-17,19,34H,18,21,38H2. The first-order chi connectivity index (χ1) is 20.5. The van der Waals surface area contributed by atoms with Crippen molar-refractivity contribution < 1.29 is 19.0 Å². The van der Waals surface area contributed by atoms with Crippen LogP contribution in [0.1, 0.15) is 28.2 Å². The fourth-order valence-electron chi connectivity index (χ4n) is 5.14. The van der Waals surface area contributed by atoms with E-state index >= 15 is 0 Å². The third-order valence-corrected chi connectivity index (χ3v) is 7.57. The maximum Gasteiger partial charge on any atom is 0.315 e. The average molecular weight is 573 g/mol.